The van der Waals surface area contributed by atoms with E-state index in [0.29, 0.717) is 25.9 Å². The molecule has 0 aliphatic rings. The van der Waals surface area contributed by atoms with Gasteiger partial charge in [0.15, 0.2) is 0 Å². The fraction of sp³-hybridized carbons (Fsp3) is 0.562. The Balaban J connectivity index is 0.00000400. The summed E-state index contributed by atoms with van der Waals surface area (Å²) in [5.41, 5.74) is 7.27. The Kier molecular flexibility index (Phi) is 8.37. The number of hydrogen-bond donors (Lipinski definition) is 2. The first-order valence-electron chi connectivity index (χ1n) is 7.07. The number of nitrogens with two attached hydrogens (primary N) is 1. The molecule has 0 aliphatic heterocycles. The second kappa shape index (κ2) is 8.90. The van der Waals surface area contributed by atoms with Crippen LogP contribution in [0.1, 0.15) is 44.7 Å². The quantitative estimate of drug-likeness (QED) is 0.848. The van der Waals surface area contributed by atoms with Crippen molar-refractivity contribution in [2.45, 2.75) is 52.7 Å². The molecule has 1 aromatic carbocycles. The summed E-state index contributed by atoms with van der Waals surface area (Å²) in [5, 5.41) is 2.90. The van der Waals surface area contributed by atoms with Gasteiger partial charge in [0.25, 0.3) is 0 Å². The normalized spacial score (nSPS) is 10.7. The smallest absolute Gasteiger partial charge is 0.220 e. The number of nitrogens with one attached hydrogen (secondary N) is 1. The van der Waals surface area contributed by atoms with E-state index in [1.54, 1.807) is 0 Å². The Labute approximate surface area is 133 Å². The summed E-state index contributed by atoms with van der Waals surface area (Å²) in [7, 11) is 0. The van der Waals surface area contributed by atoms with Gasteiger partial charge in [0.05, 0.1) is 0 Å². The minimum atomic E-state index is -0.258. The molecular formula is C16H27ClN2O2. The van der Waals surface area contributed by atoms with Gasteiger partial charge < -0.3 is 15.8 Å². The molecule has 120 valence electrons. The van der Waals surface area contributed by atoms with Crippen molar-refractivity contribution >= 4 is 18.3 Å². The molecule has 0 unspecified atom stereocenters. The summed E-state index contributed by atoms with van der Waals surface area (Å²) in [6.07, 6.45) is 1.18. The zero-order chi connectivity index (χ0) is 15.2. The van der Waals surface area contributed by atoms with Crippen molar-refractivity contribution in [2.75, 3.05) is 6.54 Å². The van der Waals surface area contributed by atoms with Gasteiger partial charge in [0.2, 0.25) is 5.91 Å². The SMILES string of the molecule is Cc1ccc(CNC(=O)CCCN)c(OC(C)(C)C)c1.Cl. The summed E-state index contributed by atoms with van der Waals surface area (Å²) < 4.78 is 5.96. The van der Waals surface area contributed by atoms with E-state index >= 15 is 0 Å². The molecule has 0 saturated heterocycles. The molecule has 0 fully saturated rings. The van der Waals surface area contributed by atoms with Gasteiger partial charge in [-0.3, -0.25) is 4.79 Å². The average Bonchev–Trinajstić information content (AvgIpc) is 2.33. The summed E-state index contributed by atoms with van der Waals surface area (Å²) in [5.74, 6) is 0.856. The highest BCUT2D eigenvalue weighted by atomic mass is 35.5. The fourth-order valence-corrected chi connectivity index (χ4v) is 1.78. The number of ether oxygens (including phenoxy) is 1. The Hall–Kier alpha value is -1.26. The molecule has 0 bridgehead atoms. The highest BCUT2D eigenvalue weighted by Crippen LogP contribution is 2.24. The van der Waals surface area contributed by atoms with Gasteiger partial charge in [0.1, 0.15) is 11.4 Å². The minimum Gasteiger partial charge on any atom is -0.488 e. The van der Waals surface area contributed by atoms with Crippen molar-refractivity contribution in [3.8, 4) is 5.75 Å². The van der Waals surface area contributed by atoms with Crippen LogP contribution in [0.4, 0.5) is 0 Å². The van der Waals surface area contributed by atoms with Crippen LogP contribution >= 0.6 is 12.4 Å². The monoisotopic (exact) mass is 314 g/mol. The topological polar surface area (TPSA) is 64.4 Å². The van der Waals surface area contributed by atoms with Gasteiger partial charge in [-0.2, -0.15) is 0 Å². The number of rotatable bonds is 6. The molecule has 0 aliphatic carbocycles. The maximum atomic E-state index is 11.6. The number of halogens is 1. The molecule has 0 spiro atoms. The molecule has 1 aromatic rings. The van der Waals surface area contributed by atoms with E-state index in [0.717, 1.165) is 16.9 Å². The summed E-state index contributed by atoms with van der Waals surface area (Å²) in [6, 6.07) is 6.03. The van der Waals surface area contributed by atoms with Gasteiger partial charge in [-0.1, -0.05) is 12.1 Å². The van der Waals surface area contributed by atoms with Crippen LogP contribution in [0.5, 0.6) is 5.75 Å². The standard InChI is InChI=1S/C16H26N2O2.ClH/c1-12-7-8-13(11-18-15(19)6-5-9-17)14(10-12)20-16(2,3)4;/h7-8,10H,5-6,9,11,17H2,1-4H3,(H,18,19);1H. The maximum absolute atomic E-state index is 11.6. The highest BCUT2D eigenvalue weighted by molar-refractivity contribution is 5.85. The van der Waals surface area contributed by atoms with Gasteiger partial charge in [0, 0.05) is 18.5 Å². The lowest BCUT2D eigenvalue weighted by atomic mass is 10.1. The molecule has 1 rings (SSSR count). The van der Waals surface area contributed by atoms with Gasteiger partial charge in [-0.25, -0.2) is 0 Å². The maximum Gasteiger partial charge on any atom is 0.220 e. The average molecular weight is 315 g/mol. The minimum absolute atomic E-state index is 0. The lowest BCUT2D eigenvalue weighted by Crippen LogP contribution is -2.26. The van der Waals surface area contributed by atoms with Crippen LogP contribution in [0.25, 0.3) is 0 Å². The van der Waals surface area contributed by atoms with Crippen LogP contribution in [-0.4, -0.2) is 18.1 Å². The highest BCUT2D eigenvalue weighted by Gasteiger charge is 2.15. The van der Waals surface area contributed by atoms with Gasteiger partial charge in [-0.15, -0.1) is 12.4 Å². The summed E-state index contributed by atoms with van der Waals surface area (Å²) in [4.78, 5) is 11.6. The molecule has 5 heteroatoms. The Morgan fingerprint density at radius 3 is 2.57 bits per heavy atom. The lowest BCUT2D eigenvalue weighted by Gasteiger charge is -2.23. The predicted molar refractivity (Wildman–Crippen MR) is 88.9 cm³/mol. The largest absolute Gasteiger partial charge is 0.488 e. The van der Waals surface area contributed by atoms with E-state index in [9.17, 15) is 4.79 Å². The lowest BCUT2D eigenvalue weighted by molar-refractivity contribution is -0.121. The van der Waals surface area contributed by atoms with Crippen LogP contribution in [0.2, 0.25) is 0 Å². The first-order valence-corrected chi connectivity index (χ1v) is 7.07. The third-order valence-corrected chi connectivity index (χ3v) is 2.72. The molecule has 0 saturated carbocycles. The van der Waals surface area contributed by atoms with Crippen LogP contribution < -0.4 is 15.8 Å². The van der Waals surface area contributed by atoms with Crippen molar-refractivity contribution in [3.05, 3.63) is 29.3 Å². The van der Waals surface area contributed by atoms with Crippen LogP contribution in [0, 0.1) is 6.92 Å². The van der Waals surface area contributed by atoms with Crippen molar-refractivity contribution in [2.24, 2.45) is 5.73 Å². The van der Waals surface area contributed by atoms with Crippen molar-refractivity contribution in [1.82, 2.24) is 5.32 Å². The van der Waals surface area contributed by atoms with Crippen LogP contribution in [0.3, 0.4) is 0 Å². The Morgan fingerprint density at radius 2 is 2.00 bits per heavy atom. The first-order chi connectivity index (χ1) is 9.31. The van der Waals surface area contributed by atoms with Crippen molar-refractivity contribution in [1.29, 1.82) is 0 Å². The molecule has 0 heterocycles. The number of carbonyl (C=O) groups is 1. The molecule has 1 amide bonds. The van der Waals surface area contributed by atoms with Gasteiger partial charge >= 0.3 is 0 Å². The molecule has 0 aromatic heterocycles. The van der Waals surface area contributed by atoms with E-state index in [1.807, 2.05) is 45.9 Å². The number of amides is 1. The van der Waals surface area contributed by atoms with Crippen molar-refractivity contribution in [3.63, 3.8) is 0 Å². The zero-order valence-electron chi connectivity index (χ0n) is 13.4. The molecule has 0 atom stereocenters. The predicted octanol–water partition coefficient (Wildman–Crippen LogP) is 2.95. The first kappa shape index (κ1) is 19.7. The van der Waals surface area contributed by atoms with E-state index < -0.39 is 0 Å². The van der Waals surface area contributed by atoms with E-state index in [1.165, 1.54) is 0 Å². The molecule has 21 heavy (non-hydrogen) atoms. The Bertz CT molecular complexity index is 456. The van der Waals surface area contributed by atoms with Crippen LogP contribution in [-0.2, 0) is 11.3 Å². The van der Waals surface area contributed by atoms with E-state index in [-0.39, 0.29) is 23.9 Å². The molecule has 0 radical (unpaired) electrons. The third kappa shape index (κ3) is 7.93. The van der Waals surface area contributed by atoms with E-state index in [4.69, 9.17) is 10.5 Å². The fourth-order valence-electron chi connectivity index (χ4n) is 1.78. The second-order valence-corrected chi connectivity index (χ2v) is 5.99. The number of benzene rings is 1. The molecule has 4 nitrogen and oxygen atoms in total. The van der Waals surface area contributed by atoms with E-state index in [2.05, 4.69) is 5.32 Å². The van der Waals surface area contributed by atoms with Crippen molar-refractivity contribution < 1.29 is 9.53 Å². The van der Waals surface area contributed by atoms with Crippen LogP contribution in [0.15, 0.2) is 18.2 Å². The Morgan fingerprint density at radius 1 is 1.33 bits per heavy atom. The summed E-state index contributed by atoms with van der Waals surface area (Å²) in [6.45, 7) is 9.08. The summed E-state index contributed by atoms with van der Waals surface area (Å²) >= 11 is 0. The number of carbonyl (C=O) groups excluding carboxylic acids is 1. The molecular weight excluding hydrogens is 288 g/mol. The molecule has 3 N–H and O–H groups in total. The third-order valence-electron chi connectivity index (χ3n) is 2.72. The zero-order valence-corrected chi connectivity index (χ0v) is 14.2. The van der Waals surface area contributed by atoms with Gasteiger partial charge in [-0.05, 0) is 52.3 Å². The number of hydrogen-bond acceptors (Lipinski definition) is 3. The second-order valence-electron chi connectivity index (χ2n) is 5.99. The number of aryl methyl sites for hydroxylation is 1.